The summed E-state index contributed by atoms with van der Waals surface area (Å²) in [5.41, 5.74) is 2.24. The number of amides is 2. The van der Waals surface area contributed by atoms with Gasteiger partial charge in [0, 0.05) is 31.9 Å². The van der Waals surface area contributed by atoms with Crippen LogP contribution in [0.2, 0.25) is 0 Å². The highest BCUT2D eigenvalue weighted by molar-refractivity contribution is 5.74. The fourth-order valence-electron chi connectivity index (χ4n) is 2.05. The molecule has 5 heteroatoms. The Kier molecular flexibility index (Phi) is 3.12. The Morgan fingerprint density at radius 3 is 3.06 bits per heavy atom. The maximum Gasteiger partial charge on any atom is 0.317 e. The zero-order valence-electron chi connectivity index (χ0n) is 9.86. The summed E-state index contributed by atoms with van der Waals surface area (Å²) >= 11 is 0. The first kappa shape index (κ1) is 11.0. The van der Waals surface area contributed by atoms with Crippen molar-refractivity contribution in [3.8, 4) is 0 Å². The van der Waals surface area contributed by atoms with Crippen LogP contribution in [-0.4, -0.2) is 33.8 Å². The van der Waals surface area contributed by atoms with Gasteiger partial charge in [-0.15, -0.1) is 0 Å². The minimum atomic E-state index is 0.0390. The molecule has 88 valence electrons. The van der Waals surface area contributed by atoms with Gasteiger partial charge in [-0.05, 0) is 12.8 Å². The summed E-state index contributed by atoms with van der Waals surface area (Å²) in [4.78, 5) is 13.4. The normalized spacial score (nSPS) is 16.4. The highest BCUT2D eigenvalue weighted by Crippen LogP contribution is 2.12. The lowest BCUT2D eigenvalue weighted by Crippen LogP contribution is -2.45. The van der Waals surface area contributed by atoms with Gasteiger partial charge >= 0.3 is 6.03 Å². The minimum Gasteiger partial charge on any atom is -0.338 e. The van der Waals surface area contributed by atoms with E-state index in [4.69, 9.17) is 0 Å². The van der Waals surface area contributed by atoms with Gasteiger partial charge in [-0.25, -0.2) is 4.79 Å². The number of aromatic nitrogens is 2. The molecule has 1 fully saturated rings. The second kappa shape index (κ2) is 4.55. The Bertz CT molecular complexity index is 385. The van der Waals surface area contributed by atoms with Gasteiger partial charge in [-0.1, -0.05) is 6.92 Å². The number of carbonyl (C=O) groups is 1. The van der Waals surface area contributed by atoms with Crippen LogP contribution in [0.5, 0.6) is 0 Å². The molecule has 0 unspecified atom stereocenters. The molecule has 0 bridgehead atoms. The molecule has 0 aromatic carbocycles. The van der Waals surface area contributed by atoms with Crippen LogP contribution in [0.1, 0.15) is 24.6 Å². The Labute approximate surface area is 95.4 Å². The van der Waals surface area contributed by atoms with Crippen LogP contribution >= 0.6 is 0 Å². The maximum absolute atomic E-state index is 11.6. The summed E-state index contributed by atoms with van der Waals surface area (Å²) in [6.07, 6.45) is 3.93. The van der Waals surface area contributed by atoms with Crippen LogP contribution in [0.4, 0.5) is 4.79 Å². The zero-order valence-corrected chi connectivity index (χ0v) is 9.86. The molecule has 1 N–H and O–H groups in total. The lowest BCUT2D eigenvalue weighted by atomic mass is 10.2. The second-order valence-corrected chi connectivity index (χ2v) is 4.14. The number of rotatable bonds is 3. The third-order valence-electron chi connectivity index (χ3n) is 2.86. The van der Waals surface area contributed by atoms with E-state index >= 15 is 0 Å². The lowest BCUT2D eigenvalue weighted by molar-refractivity contribution is 0.183. The Morgan fingerprint density at radius 2 is 2.38 bits per heavy atom. The van der Waals surface area contributed by atoms with Gasteiger partial charge in [0.2, 0.25) is 0 Å². The van der Waals surface area contributed by atoms with E-state index in [0.717, 1.165) is 37.2 Å². The van der Waals surface area contributed by atoms with Crippen LogP contribution in [0.25, 0.3) is 0 Å². The maximum atomic E-state index is 11.6. The van der Waals surface area contributed by atoms with Crippen molar-refractivity contribution in [2.45, 2.75) is 26.3 Å². The molecule has 2 amide bonds. The number of carbonyl (C=O) groups excluding carboxylic acids is 1. The van der Waals surface area contributed by atoms with E-state index in [9.17, 15) is 4.79 Å². The predicted molar refractivity (Wildman–Crippen MR) is 61.0 cm³/mol. The third kappa shape index (κ3) is 2.18. The topological polar surface area (TPSA) is 50.2 Å². The molecule has 5 nitrogen and oxygen atoms in total. The first-order valence-corrected chi connectivity index (χ1v) is 5.75. The van der Waals surface area contributed by atoms with Crippen LogP contribution in [0, 0.1) is 0 Å². The van der Waals surface area contributed by atoms with Gasteiger partial charge in [-0.2, -0.15) is 5.10 Å². The van der Waals surface area contributed by atoms with E-state index in [2.05, 4.69) is 17.3 Å². The molecule has 2 rings (SSSR count). The van der Waals surface area contributed by atoms with Crippen molar-refractivity contribution in [1.29, 1.82) is 0 Å². The zero-order chi connectivity index (χ0) is 11.5. The highest BCUT2D eigenvalue weighted by Gasteiger charge is 2.19. The number of hydrogen-bond donors (Lipinski definition) is 1. The van der Waals surface area contributed by atoms with E-state index in [0.29, 0.717) is 6.54 Å². The quantitative estimate of drug-likeness (QED) is 0.826. The number of aryl methyl sites for hydroxylation is 2. The van der Waals surface area contributed by atoms with Crippen LogP contribution in [0.3, 0.4) is 0 Å². The van der Waals surface area contributed by atoms with Crippen molar-refractivity contribution in [2.24, 2.45) is 7.05 Å². The number of hydrogen-bond acceptors (Lipinski definition) is 2. The first-order chi connectivity index (χ1) is 7.70. The highest BCUT2D eigenvalue weighted by atomic mass is 16.2. The molecule has 0 atom stereocenters. The number of nitrogens with one attached hydrogen (secondary N) is 1. The van der Waals surface area contributed by atoms with Crippen LogP contribution in [0.15, 0.2) is 6.20 Å². The van der Waals surface area contributed by atoms with Gasteiger partial charge in [0.05, 0.1) is 12.2 Å². The van der Waals surface area contributed by atoms with E-state index in [1.165, 1.54) is 0 Å². The summed E-state index contributed by atoms with van der Waals surface area (Å²) in [5, 5.41) is 7.23. The van der Waals surface area contributed by atoms with Gasteiger partial charge in [-0.3, -0.25) is 4.68 Å². The molecule has 2 heterocycles. The summed E-state index contributed by atoms with van der Waals surface area (Å²) in [6.45, 7) is 4.39. The molecule has 1 saturated heterocycles. The molecule has 0 aliphatic carbocycles. The SMILES string of the molecule is CCc1nn(C)cc1CN1CCCNC1=O. The average Bonchev–Trinajstić information content (AvgIpc) is 2.62. The van der Waals surface area contributed by atoms with E-state index < -0.39 is 0 Å². The van der Waals surface area contributed by atoms with Crippen LogP contribution in [-0.2, 0) is 20.0 Å². The summed E-state index contributed by atoms with van der Waals surface area (Å²) in [6, 6.07) is 0.0390. The number of nitrogens with zero attached hydrogens (tertiary/aromatic N) is 3. The smallest absolute Gasteiger partial charge is 0.317 e. The van der Waals surface area contributed by atoms with E-state index in [1.807, 2.05) is 22.8 Å². The summed E-state index contributed by atoms with van der Waals surface area (Å²) in [5.74, 6) is 0. The monoisotopic (exact) mass is 222 g/mol. The van der Waals surface area contributed by atoms with Gasteiger partial charge in [0.1, 0.15) is 0 Å². The molecule has 1 aliphatic rings. The Balaban J connectivity index is 2.09. The van der Waals surface area contributed by atoms with Crippen LogP contribution < -0.4 is 5.32 Å². The molecule has 16 heavy (non-hydrogen) atoms. The molecule has 1 aliphatic heterocycles. The Hall–Kier alpha value is -1.52. The van der Waals surface area contributed by atoms with Gasteiger partial charge in [0.15, 0.2) is 0 Å². The predicted octanol–water partition coefficient (Wildman–Crippen LogP) is 0.898. The van der Waals surface area contributed by atoms with Crippen molar-refractivity contribution in [3.63, 3.8) is 0 Å². The minimum absolute atomic E-state index is 0.0390. The average molecular weight is 222 g/mol. The first-order valence-electron chi connectivity index (χ1n) is 5.75. The molecular formula is C11H18N4O. The molecule has 0 radical (unpaired) electrons. The lowest BCUT2D eigenvalue weighted by Gasteiger charge is -2.27. The fraction of sp³-hybridized carbons (Fsp3) is 0.636. The molecule has 1 aromatic rings. The van der Waals surface area contributed by atoms with Crippen molar-refractivity contribution in [3.05, 3.63) is 17.5 Å². The van der Waals surface area contributed by atoms with Crippen molar-refractivity contribution in [2.75, 3.05) is 13.1 Å². The number of urea groups is 1. The van der Waals surface area contributed by atoms with E-state index in [1.54, 1.807) is 0 Å². The molecule has 1 aromatic heterocycles. The largest absolute Gasteiger partial charge is 0.338 e. The van der Waals surface area contributed by atoms with E-state index in [-0.39, 0.29) is 6.03 Å². The fourth-order valence-corrected chi connectivity index (χ4v) is 2.05. The van der Waals surface area contributed by atoms with Gasteiger partial charge < -0.3 is 10.2 Å². The van der Waals surface area contributed by atoms with Crippen molar-refractivity contribution >= 4 is 6.03 Å². The standard InChI is InChI=1S/C11H18N4O/c1-3-10-9(7-14(2)13-10)8-15-6-4-5-12-11(15)16/h7H,3-6,8H2,1-2H3,(H,12,16). The van der Waals surface area contributed by atoms with Gasteiger partial charge in [0.25, 0.3) is 0 Å². The molecular weight excluding hydrogens is 204 g/mol. The Morgan fingerprint density at radius 1 is 1.56 bits per heavy atom. The summed E-state index contributed by atoms with van der Waals surface area (Å²) < 4.78 is 1.82. The second-order valence-electron chi connectivity index (χ2n) is 4.14. The van der Waals surface area contributed by atoms with Crippen molar-refractivity contribution < 1.29 is 4.79 Å². The molecule has 0 spiro atoms. The third-order valence-corrected chi connectivity index (χ3v) is 2.86. The summed E-state index contributed by atoms with van der Waals surface area (Å²) in [7, 11) is 1.92. The molecule has 0 saturated carbocycles. The van der Waals surface area contributed by atoms with Crippen molar-refractivity contribution in [1.82, 2.24) is 20.0 Å².